The Labute approximate surface area is 91.8 Å². The summed E-state index contributed by atoms with van der Waals surface area (Å²) in [6.07, 6.45) is 1.65. The van der Waals surface area contributed by atoms with E-state index in [4.69, 9.17) is 11.6 Å². The zero-order chi connectivity index (χ0) is 10.4. The van der Waals surface area contributed by atoms with Gasteiger partial charge in [0, 0.05) is 17.0 Å². The molecular weight excluding hydrogens is 222 g/mol. The third-order valence-electron chi connectivity index (χ3n) is 1.48. The van der Waals surface area contributed by atoms with Crippen LogP contribution in [0.25, 0.3) is 0 Å². The molecule has 0 spiro atoms. The second-order valence-electron chi connectivity index (χ2n) is 2.53. The van der Waals surface area contributed by atoms with Crippen molar-refractivity contribution in [3.05, 3.63) is 29.0 Å². The van der Waals surface area contributed by atoms with Gasteiger partial charge in [-0.25, -0.2) is 0 Å². The molecule has 1 heterocycles. The summed E-state index contributed by atoms with van der Waals surface area (Å²) in [6.45, 7) is 0. The lowest BCUT2D eigenvalue weighted by Gasteiger charge is -2.00. The van der Waals surface area contributed by atoms with Crippen LogP contribution in [0, 0.1) is 0 Å². The molecule has 0 bridgehead atoms. The molecule has 0 unspecified atom stereocenters. The van der Waals surface area contributed by atoms with Gasteiger partial charge in [0.2, 0.25) is 0 Å². The van der Waals surface area contributed by atoms with Gasteiger partial charge in [-0.1, -0.05) is 11.6 Å². The molecule has 0 saturated heterocycles. The van der Waals surface area contributed by atoms with Gasteiger partial charge in [0.1, 0.15) is 0 Å². The quantitative estimate of drug-likeness (QED) is 0.745. The smallest absolute Gasteiger partial charge is 0.315 e. The van der Waals surface area contributed by atoms with Gasteiger partial charge in [-0.05, 0) is 12.1 Å². The topological polar surface area (TPSA) is 39.2 Å². The van der Waals surface area contributed by atoms with Crippen molar-refractivity contribution in [2.24, 2.45) is 0 Å². The number of nitrogens with zero attached hydrogens (tertiary/aromatic N) is 1. The highest BCUT2D eigenvalue weighted by Gasteiger charge is 2.01. The minimum absolute atomic E-state index is 0.225. The summed E-state index contributed by atoms with van der Waals surface area (Å²) in [4.78, 5) is 14.9. The van der Waals surface area contributed by atoms with Crippen LogP contribution < -0.4 is 0 Å². The Balaban J connectivity index is 2.35. The van der Waals surface area contributed by atoms with Crippen molar-refractivity contribution < 1.29 is 9.53 Å². The Morgan fingerprint density at radius 2 is 2.50 bits per heavy atom. The highest BCUT2D eigenvalue weighted by atomic mass is 35.5. The van der Waals surface area contributed by atoms with E-state index in [9.17, 15) is 4.79 Å². The zero-order valence-corrected chi connectivity index (χ0v) is 9.27. The molecule has 0 radical (unpaired) electrons. The number of pyridine rings is 1. The number of methoxy groups -OCH3 is 1. The Kier molecular flexibility index (Phi) is 4.76. The summed E-state index contributed by atoms with van der Waals surface area (Å²) < 4.78 is 4.51. The normalized spacial score (nSPS) is 9.86. The Morgan fingerprint density at radius 1 is 1.71 bits per heavy atom. The first-order valence-corrected chi connectivity index (χ1v) is 5.50. The average Bonchev–Trinajstić information content (AvgIpc) is 2.17. The lowest BCUT2D eigenvalue weighted by Crippen LogP contribution is -2.03. The molecule has 14 heavy (non-hydrogen) atoms. The average molecular weight is 232 g/mol. The van der Waals surface area contributed by atoms with Gasteiger partial charge >= 0.3 is 5.97 Å². The second-order valence-corrected chi connectivity index (χ2v) is 3.96. The zero-order valence-electron chi connectivity index (χ0n) is 7.70. The van der Waals surface area contributed by atoms with Crippen LogP contribution in [-0.2, 0) is 15.3 Å². The molecule has 1 aromatic heterocycles. The minimum Gasteiger partial charge on any atom is -0.468 e. The van der Waals surface area contributed by atoms with E-state index in [0.717, 1.165) is 5.69 Å². The van der Waals surface area contributed by atoms with Gasteiger partial charge in [-0.15, -0.1) is 11.8 Å². The Hall–Kier alpha value is -0.740. The summed E-state index contributed by atoms with van der Waals surface area (Å²) >= 11 is 7.22. The van der Waals surface area contributed by atoms with Crippen molar-refractivity contribution >= 4 is 29.3 Å². The molecule has 0 aliphatic carbocycles. The van der Waals surface area contributed by atoms with Crippen molar-refractivity contribution in [1.29, 1.82) is 0 Å². The molecule has 1 aromatic rings. The van der Waals surface area contributed by atoms with E-state index in [1.165, 1.54) is 18.9 Å². The number of hydrogen-bond acceptors (Lipinski definition) is 4. The van der Waals surface area contributed by atoms with E-state index < -0.39 is 0 Å². The third-order valence-corrected chi connectivity index (χ3v) is 2.65. The lowest BCUT2D eigenvalue weighted by atomic mass is 10.4. The highest BCUT2D eigenvalue weighted by Crippen LogP contribution is 2.14. The van der Waals surface area contributed by atoms with Crippen LogP contribution in [0.4, 0.5) is 0 Å². The molecule has 76 valence electrons. The predicted octanol–water partition coefficient (Wildman–Crippen LogP) is 2.14. The van der Waals surface area contributed by atoms with Crippen LogP contribution in [0.5, 0.6) is 0 Å². The standard InChI is InChI=1S/C9H10ClNO2S/c1-13-9(12)6-14-5-8-4-7(10)2-3-11-8/h2-4H,5-6H2,1H3. The summed E-state index contributed by atoms with van der Waals surface area (Å²) in [7, 11) is 1.38. The maximum Gasteiger partial charge on any atom is 0.315 e. The summed E-state index contributed by atoms with van der Waals surface area (Å²) in [6, 6.07) is 3.50. The highest BCUT2D eigenvalue weighted by molar-refractivity contribution is 7.99. The predicted molar refractivity (Wildman–Crippen MR) is 57.4 cm³/mol. The van der Waals surface area contributed by atoms with E-state index in [0.29, 0.717) is 16.5 Å². The first-order chi connectivity index (χ1) is 6.72. The number of rotatable bonds is 4. The van der Waals surface area contributed by atoms with Crippen LogP contribution in [0.2, 0.25) is 5.02 Å². The summed E-state index contributed by atoms with van der Waals surface area (Å²) in [5.41, 5.74) is 0.867. The summed E-state index contributed by atoms with van der Waals surface area (Å²) in [5, 5.41) is 0.661. The number of halogens is 1. The minimum atomic E-state index is -0.225. The van der Waals surface area contributed by atoms with Gasteiger partial charge < -0.3 is 4.74 Å². The maximum absolute atomic E-state index is 10.8. The second kappa shape index (κ2) is 5.88. The van der Waals surface area contributed by atoms with Gasteiger partial charge in [-0.2, -0.15) is 0 Å². The van der Waals surface area contributed by atoms with E-state index >= 15 is 0 Å². The van der Waals surface area contributed by atoms with Gasteiger partial charge in [0.05, 0.1) is 18.6 Å². The number of carbonyl (C=O) groups is 1. The fourth-order valence-electron chi connectivity index (χ4n) is 0.826. The molecule has 0 saturated carbocycles. The molecule has 0 N–H and O–H groups in total. The van der Waals surface area contributed by atoms with Crippen LogP contribution in [0.15, 0.2) is 18.3 Å². The van der Waals surface area contributed by atoms with Crippen LogP contribution in [0.1, 0.15) is 5.69 Å². The molecule has 1 rings (SSSR count). The number of hydrogen-bond donors (Lipinski definition) is 0. The first-order valence-electron chi connectivity index (χ1n) is 3.97. The Morgan fingerprint density at radius 3 is 3.14 bits per heavy atom. The van der Waals surface area contributed by atoms with Crippen LogP contribution in [0.3, 0.4) is 0 Å². The maximum atomic E-state index is 10.8. The van der Waals surface area contributed by atoms with E-state index in [1.807, 2.05) is 0 Å². The molecule has 0 amide bonds. The van der Waals surface area contributed by atoms with Crippen molar-refractivity contribution in [2.75, 3.05) is 12.9 Å². The van der Waals surface area contributed by atoms with Gasteiger partial charge in [-0.3, -0.25) is 9.78 Å². The van der Waals surface area contributed by atoms with E-state index in [2.05, 4.69) is 9.72 Å². The molecule has 5 heteroatoms. The van der Waals surface area contributed by atoms with E-state index in [1.54, 1.807) is 18.3 Å². The van der Waals surface area contributed by atoms with Gasteiger partial charge in [0.15, 0.2) is 0 Å². The number of carbonyl (C=O) groups excluding carboxylic acids is 1. The monoisotopic (exact) mass is 231 g/mol. The van der Waals surface area contributed by atoms with Crippen LogP contribution >= 0.6 is 23.4 Å². The summed E-state index contributed by atoms with van der Waals surface area (Å²) in [5.74, 6) is 0.775. The fraction of sp³-hybridized carbons (Fsp3) is 0.333. The molecule has 0 fully saturated rings. The van der Waals surface area contributed by atoms with Crippen molar-refractivity contribution in [3.63, 3.8) is 0 Å². The van der Waals surface area contributed by atoms with Crippen molar-refractivity contribution in [1.82, 2.24) is 4.98 Å². The fourth-order valence-corrected chi connectivity index (χ4v) is 1.76. The van der Waals surface area contributed by atoms with Crippen molar-refractivity contribution in [2.45, 2.75) is 5.75 Å². The van der Waals surface area contributed by atoms with Crippen LogP contribution in [-0.4, -0.2) is 23.8 Å². The molecule has 0 aliphatic rings. The molecule has 0 aromatic carbocycles. The largest absolute Gasteiger partial charge is 0.468 e. The molecular formula is C9H10ClNO2S. The van der Waals surface area contributed by atoms with Gasteiger partial charge in [0.25, 0.3) is 0 Å². The molecule has 0 aliphatic heterocycles. The van der Waals surface area contributed by atoms with E-state index in [-0.39, 0.29) is 5.97 Å². The first kappa shape index (κ1) is 11.3. The van der Waals surface area contributed by atoms with Crippen molar-refractivity contribution in [3.8, 4) is 0 Å². The third kappa shape index (κ3) is 3.98. The molecule has 3 nitrogen and oxygen atoms in total. The molecule has 0 atom stereocenters. The SMILES string of the molecule is COC(=O)CSCc1cc(Cl)ccn1. The lowest BCUT2D eigenvalue weighted by molar-refractivity contribution is -0.137. The Bertz CT molecular complexity index is 319. The number of aromatic nitrogens is 1. The number of esters is 1. The number of thioether (sulfide) groups is 1. The number of ether oxygens (including phenoxy) is 1.